The van der Waals surface area contributed by atoms with E-state index in [1.54, 1.807) is 24.1 Å². The third kappa shape index (κ3) is 5.39. The number of rotatable bonds is 6. The Hall–Kier alpha value is -1.26. The molecule has 0 bridgehead atoms. The molecular weight excluding hydrogens is 276 g/mol. The molecule has 0 radical (unpaired) electrons. The zero-order valence-electron chi connectivity index (χ0n) is 12.6. The fourth-order valence-electron chi connectivity index (χ4n) is 1.54. The first kappa shape index (κ1) is 18.7. The topological polar surface area (TPSA) is 55.6 Å². The fourth-order valence-corrected chi connectivity index (χ4v) is 1.54. The normalized spacial score (nSPS) is 11.7. The summed E-state index contributed by atoms with van der Waals surface area (Å²) in [6, 6.07) is 7.30. The predicted molar refractivity (Wildman–Crippen MR) is 84.6 cm³/mol. The van der Waals surface area contributed by atoms with Crippen molar-refractivity contribution < 1.29 is 9.53 Å². The summed E-state index contributed by atoms with van der Waals surface area (Å²) in [5.41, 5.74) is 6.21. The highest BCUT2D eigenvalue weighted by Crippen LogP contribution is 2.16. The number of carbonyl (C=O) groups is 1. The first-order valence-electron chi connectivity index (χ1n) is 6.65. The van der Waals surface area contributed by atoms with E-state index in [0.717, 1.165) is 5.75 Å². The molecule has 0 aliphatic heterocycles. The van der Waals surface area contributed by atoms with Crippen LogP contribution in [-0.4, -0.2) is 37.0 Å². The Morgan fingerprint density at radius 2 is 2.00 bits per heavy atom. The number of amides is 1. The average Bonchev–Trinajstić information content (AvgIpc) is 2.42. The lowest BCUT2D eigenvalue weighted by Crippen LogP contribution is -2.39. The zero-order chi connectivity index (χ0) is 14.4. The molecule has 1 aromatic carbocycles. The summed E-state index contributed by atoms with van der Waals surface area (Å²) in [6.45, 7) is 7.20. The number of hydrogen-bond acceptors (Lipinski definition) is 3. The highest BCUT2D eigenvalue weighted by molar-refractivity contribution is 5.94. The van der Waals surface area contributed by atoms with E-state index in [0.29, 0.717) is 24.6 Å². The minimum Gasteiger partial charge on any atom is -0.493 e. The molecule has 1 atom stereocenters. The van der Waals surface area contributed by atoms with Crippen molar-refractivity contribution >= 4 is 18.3 Å². The maximum absolute atomic E-state index is 12.3. The highest BCUT2D eigenvalue weighted by Gasteiger charge is 2.16. The SMILES string of the molecule is CC(C)COc1cccc(C(=O)N(C)C(C)CN)c1.Cl. The van der Waals surface area contributed by atoms with E-state index in [1.165, 1.54) is 0 Å². The molecule has 0 saturated carbocycles. The zero-order valence-corrected chi connectivity index (χ0v) is 13.4. The van der Waals surface area contributed by atoms with E-state index in [4.69, 9.17) is 10.5 Å². The molecule has 4 nitrogen and oxygen atoms in total. The molecule has 1 rings (SSSR count). The molecule has 1 unspecified atom stereocenters. The second-order valence-corrected chi connectivity index (χ2v) is 5.23. The molecule has 0 saturated heterocycles. The summed E-state index contributed by atoms with van der Waals surface area (Å²) >= 11 is 0. The monoisotopic (exact) mass is 300 g/mol. The van der Waals surface area contributed by atoms with Gasteiger partial charge in [0.05, 0.1) is 6.61 Å². The quantitative estimate of drug-likeness (QED) is 0.878. The predicted octanol–water partition coefficient (Wildman–Crippen LogP) is 2.56. The molecule has 0 aromatic heterocycles. The molecule has 0 fully saturated rings. The van der Waals surface area contributed by atoms with Crippen molar-refractivity contribution in [2.24, 2.45) is 11.7 Å². The molecule has 114 valence electrons. The van der Waals surface area contributed by atoms with Crippen LogP contribution in [0.1, 0.15) is 31.1 Å². The number of benzene rings is 1. The average molecular weight is 301 g/mol. The molecule has 0 heterocycles. The van der Waals surface area contributed by atoms with Gasteiger partial charge in [-0.25, -0.2) is 0 Å². The summed E-state index contributed by atoms with van der Waals surface area (Å²) < 4.78 is 5.63. The van der Waals surface area contributed by atoms with E-state index < -0.39 is 0 Å². The number of nitrogens with two attached hydrogens (primary N) is 1. The molecule has 5 heteroatoms. The van der Waals surface area contributed by atoms with Crippen LogP contribution >= 0.6 is 12.4 Å². The van der Waals surface area contributed by atoms with Gasteiger partial charge in [-0.1, -0.05) is 19.9 Å². The van der Waals surface area contributed by atoms with Gasteiger partial charge < -0.3 is 15.4 Å². The van der Waals surface area contributed by atoms with Crippen LogP contribution in [0.3, 0.4) is 0 Å². The molecule has 0 aliphatic carbocycles. The maximum atomic E-state index is 12.3. The van der Waals surface area contributed by atoms with Gasteiger partial charge in [-0.15, -0.1) is 12.4 Å². The van der Waals surface area contributed by atoms with Crippen molar-refractivity contribution in [3.05, 3.63) is 29.8 Å². The number of hydrogen-bond donors (Lipinski definition) is 1. The molecule has 0 spiro atoms. The van der Waals surface area contributed by atoms with Crippen LogP contribution in [0.2, 0.25) is 0 Å². The van der Waals surface area contributed by atoms with E-state index >= 15 is 0 Å². The van der Waals surface area contributed by atoms with Crippen molar-refractivity contribution in [2.45, 2.75) is 26.8 Å². The third-order valence-electron chi connectivity index (χ3n) is 2.99. The lowest BCUT2D eigenvalue weighted by molar-refractivity contribution is 0.0748. The minimum atomic E-state index is -0.0343. The van der Waals surface area contributed by atoms with Crippen LogP contribution in [0.5, 0.6) is 5.75 Å². The van der Waals surface area contributed by atoms with Crippen LogP contribution in [0.15, 0.2) is 24.3 Å². The molecule has 1 amide bonds. The number of nitrogens with zero attached hydrogens (tertiary/aromatic N) is 1. The Morgan fingerprint density at radius 1 is 1.35 bits per heavy atom. The van der Waals surface area contributed by atoms with Gasteiger partial charge in [0.2, 0.25) is 0 Å². The second kappa shape index (κ2) is 8.82. The largest absolute Gasteiger partial charge is 0.493 e. The molecule has 1 aromatic rings. The van der Waals surface area contributed by atoms with Gasteiger partial charge in [-0.3, -0.25) is 4.79 Å². The Bertz CT molecular complexity index is 424. The lowest BCUT2D eigenvalue weighted by Gasteiger charge is -2.23. The van der Waals surface area contributed by atoms with Gasteiger partial charge in [-0.2, -0.15) is 0 Å². The smallest absolute Gasteiger partial charge is 0.254 e. The number of carbonyl (C=O) groups excluding carboxylic acids is 1. The van der Waals surface area contributed by atoms with Gasteiger partial charge in [0, 0.05) is 25.2 Å². The van der Waals surface area contributed by atoms with Crippen LogP contribution in [0, 0.1) is 5.92 Å². The second-order valence-electron chi connectivity index (χ2n) is 5.23. The van der Waals surface area contributed by atoms with Gasteiger partial charge in [0.1, 0.15) is 5.75 Å². The molecular formula is C15H25ClN2O2. The first-order valence-corrected chi connectivity index (χ1v) is 6.65. The molecule has 2 N–H and O–H groups in total. The van der Waals surface area contributed by atoms with Crippen LogP contribution in [0.25, 0.3) is 0 Å². The summed E-state index contributed by atoms with van der Waals surface area (Å²) in [5, 5.41) is 0. The van der Waals surface area contributed by atoms with Gasteiger partial charge >= 0.3 is 0 Å². The standard InChI is InChI=1S/C15H24N2O2.ClH/c1-11(2)10-19-14-7-5-6-13(8-14)15(18)17(4)12(3)9-16;/h5-8,11-12H,9-10,16H2,1-4H3;1H. The van der Waals surface area contributed by atoms with Crippen molar-refractivity contribution in [2.75, 3.05) is 20.2 Å². The Kier molecular flexibility index (Phi) is 8.26. The Labute approximate surface area is 127 Å². The highest BCUT2D eigenvalue weighted by atomic mass is 35.5. The molecule has 0 aliphatic rings. The van der Waals surface area contributed by atoms with Crippen LogP contribution in [-0.2, 0) is 0 Å². The summed E-state index contributed by atoms with van der Waals surface area (Å²) in [7, 11) is 1.77. The van der Waals surface area contributed by atoms with Crippen molar-refractivity contribution in [1.82, 2.24) is 4.90 Å². The van der Waals surface area contributed by atoms with E-state index in [2.05, 4.69) is 13.8 Å². The maximum Gasteiger partial charge on any atom is 0.254 e. The van der Waals surface area contributed by atoms with Crippen molar-refractivity contribution in [1.29, 1.82) is 0 Å². The Balaban J connectivity index is 0.00000361. The van der Waals surface area contributed by atoms with Gasteiger partial charge in [0.25, 0.3) is 5.91 Å². The summed E-state index contributed by atoms with van der Waals surface area (Å²) in [5.74, 6) is 1.15. The summed E-state index contributed by atoms with van der Waals surface area (Å²) in [4.78, 5) is 13.9. The van der Waals surface area contributed by atoms with E-state index in [1.807, 2.05) is 19.1 Å². The van der Waals surface area contributed by atoms with Crippen LogP contribution < -0.4 is 10.5 Å². The van der Waals surface area contributed by atoms with Crippen molar-refractivity contribution in [3.63, 3.8) is 0 Å². The third-order valence-corrected chi connectivity index (χ3v) is 2.99. The lowest BCUT2D eigenvalue weighted by atomic mass is 10.1. The fraction of sp³-hybridized carbons (Fsp3) is 0.533. The first-order chi connectivity index (χ1) is 8.95. The van der Waals surface area contributed by atoms with Gasteiger partial charge in [-0.05, 0) is 31.0 Å². The van der Waals surface area contributed by atoms with Gasteiger partial charge in [0.15, 0.2) is 0 Å². The van der Waals surface area contributed by atoms with Crippen LogP contribution in [0.4, 0.5) is 0 Å². The Morgan fingerprint density at radius 3 is 2.55 bits per heavy atom. The van der Waals surface area contributed by atoms with Crippen molar-refractivity contribution in [3.8, 4) is 5.75 Å². The number of halogens is 1. The summed E-state index contributed by atoms with van der Waals surface area (Å²) in [6.07, 6.45) is 0. The molecule has 20 heavy (non-hydrogen) atoms. The minimum absolute atomic E-state index is 0. The van der Waals surface area contributed by atoms with E-state index in [9.17, 15) is 4.79 Å². The van der Waals surface area contributed by atoms with E-state index in [-0.39, 0.29) is 24.4 Å². The number of likely N-dealkylation sites (N-methyl/N-ethyl adjacent to an activating group) is 1. The number of ether oxygens (including phenoxy) is 1.